The van der Waals surface area contributed by atoms with Crippen molar-refractivity contribution in [3.05, 3.63) is 71.8 Å². The molecule has 126 valence electrons. The lowest BCUT2D eigenvalue weighted by molar-refractivity contribution is 0.0940. The SMILES string of the molecule is CN(C)C(=N[C@H](NC(=O)c1ccccc1)C(Cl)Cl)c1ccccc1. The van der Waals surface area contributed by atoms with E-state index in [1.165, 1.54) is 0 Å². The Bertz CT molecular complexity index is 688. The van der Waals surface area contributed by atoms with Gasteiger partial charge in [-0.2, -0.15) is 0 Å². The third kappa shape index (κ3) is 4.98. The molecule has 1 N–H and O–H groups in total. The van der Waals surface area contributed by atoms with E-state index in [1.54, 1.807) is 24.3 Å². The van der Waals surface area contributed by atoms with E-state index in [4.69, 9.17) is 23.2 Å². The van der Waals surface area contributed by atoms with Gasteiger partial charge in [0.25, 0.3) is 5.91 Å². The predicted molar refractivity (Wildman–Crippen MR) is 99.9 cm³/mol. The minimum absolute atomic E-state index is 0.276. The van der Waals surface area contributed by atoms with Crippen LogP contribution in [0.3, 0.4) is 0 Å². The summed E-state index contributed by atoms with van der Waals surface area (Å²) in [6, 6.07) is 18.5. The van der Waals surface area contributed by atoms with Gasteiger partial charge in [-0.15, -0.1) is 23.2 Å². The molecule has 0 bridgehead atoms. The van der Waals surface area contributed by atoms with Crippen LogP contribution in [0.25, 0.3) is 0 Å². The fourth-order valence-corrected chi connectivity index (χ4v) is 2.36. The van der Waals surface area contributed by atoms with Gasteiger partial charge in [-0.25, -0.2) is 4.99 Å². The van der Waals surface area contributed by atoms with Crippen molar-refractivity contribution in [3.8, 4) is 0 Å². The van der Waals surface area contributed by atoms with E-state index in [9.17, 15) is 4.79 Å². The summed E-state index contributed by atoms with van der Waals surface area (Å²) in [5.41, 5.74) is 1.44. The molecule has 1 atom stereocenters. The molecule has 0 spiro atoms. The summed E-state index contributed by atoms with van der Waals surface area (Å²) in [4.78, 5) is 17.9. The summed E-state index contributed by atoms with van der Waals surface area (Å²) in [6.07, 6.45) is -0.765. The van der Waals surface area contributed by atoms with E-state index < -0.39 is 11.0 Å². The Labute approximate surface area is 152 Å². The molecular weight excluding hydrogens is 345 g/mol. The van der Waals surface area contributed by atoms with Crippen LogP contribution < -0.4 is 5.32 Å². The van der Waals surface area contributed by atoms with Crippen molar-refractivity contribution >= 4 is 34.9 Å². The van der Waals surface area contributed by atoms with Gasteiger partial charge in [0.15, 0.2) is 6.17 Å². The molecule has 0 saturated heterocycles. The highest BCUT2D eigenvalue weighted by molar-refractivity contribution is 6.45. The van der Waals surface area contributed by atoms with Gasteiger partial charge in [-0.05, 0) is 12.1 Å². The largest absolute Gasteiger partial charge is 0.362 e. The minimum Gasteiger partial charge on any atom is -0.362 e. The molecule has 24 heavy (non-hydrogen) atoms. The molecule has 0 radical (unpaired) electrons. The Morgan fingerprint density at radius 2 is 1.46 bits per heavy atom. The first-order valence-corrected chi connectivity index (χ1v) is 8.31. The van der Waals surface area contributed by atoms with Crippen molar-refractivity contribution in [1.29, 1.82) is 0 Å². The molecule has 0 unspecified atom stereocenters. The first-order chi connectivity index (χ1) is 11.5. The number of nitrogens with one attached hydrogen (secondary N) is 1. The Kier molecular flexibility index (Phi) is 6.64. The maximum absolute atomic E-state index is 12.3. The zero-order valence-corrected chi connectivity index (χ0v) is 15.0. The van der Waals surface area contributed by atoms with Crippen LogP contribution in [0.15, 0.2) is 65.7 Å². The van der Waals surface area contributed by atoms with Gasteiger partial charge in [0.1, 0.15) is 10.7 Å². The molecule has 4 nitrogen and oxygen atoms in total. The van der Waals surface area contributed by atoms with Gasteiger partial charge in [0.05, 0.1) is 0 Å². The van der Waals surface area contributed by atoms with Crippen LogP contribution in [-0.4, -0.2) is 41.7 Å². The van der Waals surface area contributed by atoms with E-state index in [0.717, 1.165) is 5.56 Å². The molecule has 0 aromatic heterocycles. The van der Waals surface area contributed by atoms with Gasteiger partial charge in [0, 0.05) is 25.2 Å². The Balaban J connectivity index is 2.27. The molecule has 2 aromatic rings. The molecule has 0 fully saturated rings. The second-order valence-electron chi connectivity index (χ2n) is 5.33. The fraction of sp³-hybridized carbons (Fsp3) is 0.222. The number of carbonyl (C=O) groups excluding carboxylic acids is 1. The number of hydrogen-bond donors (Lipinski definition) is 1. The first kappa shape index (κ1) is 18.3. The minimum atomic E-state index is -0.878. The number of carbonyl (C=O) groups is 1. The third-order valence-corrected chi connectivity index (χ3v) is 3.75. The normalized spacial score (nSPS) is 12.8. The van der Waals surface area contributed by atoms with Crippen molar-refractivity contribution in [3.63, 3.8) is 0 Å². The topological polar surface area (TPSA) is 44.7 Å². The number of halogens is 2. The molecular formula is C18H19Cl2N3O. The fourth-order valence-electron chi connectivity index (χ4n) is 2.13. The number of hydrogen-bond acceptors (Lipinski definition) is 2. The molecule has 2 rings (SSSR count). The van der Waals surface area contributed by atoms with Crippen molar-refractivity contribution < 1.29 is 4.79 Å². The van der Waals surface area contributed by atoms with E-state index in [2.05, 4.69) is 10.3 Å². The smallest absolute Gasteiger partial charge is 0.252 e. The number of alkyl halides is 2. The van der Waals surface area contributed by atoms with Crippen LogP contribution in [0.5, 0.6) is 0 Å². The molecule has 0 heterocycles. The van der Waals surface area contributed by atoms with Crippen LogP contribution in [0, 0.1) is 0 Å². The summed E-state index contributed by atoms with van der Waals surface area (Å²) < 4.78 is 0. The van der Waals surface area contributed by atoms with Gasteiger partial charge in [-0.3, -0.25) is 4.79 Å². The summed E-state index contributed by atoms with van der Waals surface area (Å²) in [7, 11) is 3.75. The maximum Gasteiger partial charge on any atom is 0.252 e. The molecule has 2 aromatic carbocycles. The van der Waals surface area contributed by atoms with Gasteiger partial charge in [0.2, 0.25) is 0 Å². The van der Waals surface area contributed by atoms with Gasteiger partial charge < -0.3 is 10.2 Å². The van der Waals surface area contributed by atoms with Gasteiger partial charge >= 0.3 is 0 Å². The van der Waals surface area contributed by atoms with Crippen LogP contribution in [0.1, 0.15) is 15.9 Å². The van der Waals surface area contributed by atoms with Crippen LogP contribution in [0.4, 0.5) is 0 Å². The Morgan fingerprint density at radius 3 is 1.92 bits per heavy atom. The lowest BCUT2D eigenvalue weighted by Crippen LogP contribution is -2.40. The number of amidine groups is 1. The van der Waals surface area contributed by atoms with Crippen molar-refractivity contribution in [2.24, 2.45) is 4.99 Å². The average molecular weight is 364 g/mol. The summed E-state index contributed by atoms with van der Waals surface area (Å²) in [5.74, 6) is 0.405. The number of nitrogens with zero attached hydrogens (tertiary/aromatic N) is 2. The molecule has 0 saturated carbocycles. The maximum atomic E-state index is 12.3. The first-order valence-electron chi connectivity index (χ1n) is 7.43. The van der Waals surface area contributed by atoms with Crippen molar-refractivity contribution in [1.82, 2.24) is 10.2 Å². The second-order valence-corrected chi connectivity index (χ2v) is 6.50. The van der Waals surface area contributed by atoms with Crippen LogP contribution >= 0.6 is 23.2 Å². The average Bonchev–Trinajstić information content (AvgIpc) is 2.59. The highest BCUT2D eigenvalue weighted by Crippen LogP contribution is 2.13. The number of rotatable bonds is 5. The summed E-state index contributed by atoms with van der Waals surface area (Å²) in [6.45, 7) is 0. The van der Waals surface area contributed by atoms with E-state index in [-0.39, 0.29) is 5.91 Å². The molecule has 0 aliphatic rings. The highest BCUT2D eigenvalue weighted by Gasteiger charge is 2.21. The van der Waals surface area contributed by atoms with Gasteiger partial charge in [-0.1, -0.05) is 48.5 Å². The number of benzene rings is 2. The lowest BCUT2D eigenvalue weighted by Gasteiger charge is -2.22. The van der Waals surface area contributed by atoms with Crippen LogP contribution in [-0.2, 0) is 0 Å². The van der Waals surface area contributed by atoms with E-state index in [1.807, 2.05) is 55.4 Å². The number of amides is 1. The quantitative estimate of drug-likeness (QED) is 0.501. The zero-order valence-electron chi connectivity index (χ0n) is 13.5. The number of aliphatic imine (C=N–C) groups is 1. The highest BCUT2D eigenvalue weighted by atomic mass is 35.5. The molecule has 0 aliphatic heterocycles. The monoisotopic (exact) mass is 363 g/mol. The van der Waals surface area contributed by atoms with Crippen molar-refractivity contribution in [2.75, 3.05) is 14.1 Å². The van der Waals surface area contributed by atoms with E-state index >= 15 is 0 Å². The Hall–Kier alpha value is -2.04. The van der Waals surface area contributed by atoms with Crippen molar-refractivity contribution in [2.45, 2.75) is 11.0 Å². The zero-order chi connectivity index (χ0) is 17.5. The second kappa shape index (κ2) is 8.71. The summed E-state index contributed by atoms with van der Waals surface area (Å²) in [5, 5.41) is 2.77. The van der Waals surface area contributed by atoms with Crippen LogP contribution in [0.2, 0.25) is 0 Å². The molecule has 1 amide bonds. The standard InChI is InChI=1S/C18H19Cl2N3O/c1-23(2)17(13-9-5-3-6-10-13)21-16(15(19)20)22-18(24)14-11-7-4-8-12-14/h3-12,15-16H,1-2H3,(H,22,24)/t16-/m1/s1. The van der Waals surface area contributed by atoms with E-state index in [0.29, 0.717) is 11.4 Å². The molecule has 6 heteroatoms. The predicted octanol–water partition coefficient (Wildman–Crippen LogP) is 3.55. The molecule has 0 aliphatic carbocycles. The summed E-state index contributed by atoms with van der Waals surface area (Å²) >= 11 is 12.1. The lowest BCUT2D eigenvalue weighted by atomic mass is 10.2. The Morgan fingerprint density at radius 1 is 0.958 bits per heavy atom. The third-order valence-electron chi connectivity index (χ3n) is 3.27.